The lowest BCUT2D eigenvalue weighted by Crippen LogP contribution is -2.57. The number of aliphatic hydroxyl groups excluding tert-OH is 1. The van der Waals surface area contributed by atoms with Gasteiger partial charge in [0.15, 0.2) is 17.7 Å². The molecule has 1 saturated heterocycles. The Morgan fingerprint density at radius 1 is 1.45 bits per heavy atom. The monoisotopic (exact) mass is 314 g/mol. The summed E-state index contributed by atoms with van der Waals surface area (Å²) in [6.07, 6.45) is 0.126. The lowest BCUT2D eigenvalue weighted by molar-refractivity contribution is -0.275. The van der Waals surface area contributed by atoms with E-state index < -0.39 is 18.8 Å². The Bertz CT molecular complexity index is 597. The van der Waals surface area contributed by atoms with Crippen LogP contribution in [0.2, 0.25) is 0 Å². The summed E-state index contributed by atoms with van der Waals surface area (Å²) in [5.41, 5.74) is 0.785. The molecule has 3 N–H and O–H groups in total. The number of rotatable bonds is 3. The quantitative estimate of drug-likeness (QED) is 0.721. The molecule has 2 aliphatic heterocycles. The first-order valence-electron chi connectivity index (χ1n) is 6.74. The third-order valence-corrected chi connectivity index (χ3v) is 3.47. The highest BCUT2D eigenvalue weighted by atomic mass is 19.3. The SMILES string of the molecule is COc1ccc2c(c1ON1CCNCC1(F)F)C(O)N=CN2. The van der Waals surface area contributed by atoms with E-state index in [1.165, 1.54) is 13.4 Å². The summed E-state index contributed by atoms with van der Waals surface area (Å²) in [5, 5.41) is 16.1. The van der Waals surface area contributed by atoms with Crippen molar-refractivity contribution in [2.24, 2.45) is 4.99 Å². The fourth-order valence-corrected chi connectivity index (χ4v) is 2.36. The second-order valence-electron chi connectivity index (χ2n) is 4.89. The molecule has 0 amide bonds. The summed E-state index contributed by atoms with van der Waals surface area (Å²) in [6.45, 7) is -0.151. The predicted octanol–water partition coefficient (Wildman–Crippen LogP) is 0.932. The number of hydrogen-bond donors (Lipinski definition) is 3. The number of piperazine rings is 1. The smallest absolute Gasteiger partial charge is 0.346 e. The Labute approximate surface area is 125 Å². The summed E-state index contributed by atoms with van der Waals surface area (Å²) < 4.78 is 33.0. The van der Waals surface area contributed by atoms with Gasteiger partial charge in [0.25, 0.3) is 0 Å². The number of methoxy groups -OCH3 is 1. The number of nitrogens with one attached hydrogen (secondary N) is 2. The molecule has 1 atom stereocenters. The van der Waals surface area contributed by atoms with Crippen LogP contribution in [0.15, 0.2) is 17.1 Å². The molecule has 0 bridgehead atoms. The van der Waals surface area contributed by atoms with Crippen LogP contribution >= 0.6 is 0 Å². The van der Waals surface area contributed by atoms with Crippen LogP contribution in [0, 0.1) is 0 Å². The fraction of sp³-hybridized carbons (Fsp3) is 0.462. The molecule has 1 fully saturated rings. The van der Waals surface area contributed by atoms with Crippen molar-refractivity contribution in [3.63, 3.8) is 0 Å². The number of anilines is 1. The van der Waals surface area contributed by atoms with Gasteiger partial charge in [-0.25, -0.2) is 4.99 Å². The van der Waals surface area contributed by atoms with E-state index >= 15 is 0 Å². The second-order valence-corrected chi connectivity index (χ2v) is 4.89. The van der Waals surface area contributed by atoms with Crippen LogP contribution in [0.25, 0.3) is 0 Å². The van der Waals surface area contributed by atoms with E-state index in [9.17, 15) is 13.9 Å². The molecule has 3 rings (SSSR count). The normalized spacial score (nSPS) is 23.5. The number of aliphatic imine (C=N–C) groups is 1. The third kappa shape index (κ3) is 2.58. The van der Waals surface area contributed by atoms with E-state index in [0.29, 0.717) is 17.3 Å². The zero-order chi connectivity index (χ0) is 15.7. The van der Waals surface area contributed by atoms with Crippen molar-refractivity contribution in [1.29, 1.82) is 0 Å². The minimum absolute atomic E-state index is 0.00733. The predicted molar refractivity (Wildman–Crippen MR) is 75.2 cm³/mol. The number of hydrogen-bond acceptors (Lipinski definition) is 7. The number of hydroxylamine groups is 2. The Kier molecular flexibility index (Phi) is 3.85. The van der Waals surface area contributed by atoms with Crippen molar-refractivity contribution in [3.8, 4) is 11.5 Å². The Hall–Kier alpha value is -1.97. The van der Waals surface area contributed by atoms with E-state index in [0.717, 1.165) is 0 Å². The summed E-state index contributed by atoms with van der Waals surface area (Å²) >= 11 is 0. The lowest BCUT2D eigenvalue weighted by atomic mass is 10.1. The van der Waals surface area contributed by atoms with Gasteiger partial charge in [-0.3, -0.25) is 0 Å². The molecule has 0 aromatic heterocycles. The van der Waals surface area contributed by atoms with Gasteiger partial charge in [0.05, 0.1) is 37.8 Å². The molecular formula is C13H16F2N4O3. The van der Waals surface area contributed by atoms with Crippen molar-refractivity contribution in [1.82, 2.24) is 10.4 Å². The van der Waals surface area contributed by atoms with Gasteiger partial charge < -0.3 is 25.3 Å². The molecule has 7 nitrogen and oxygen atoms in total. The minimum atomic E-state index is -3.16. The number of alkyl halides is 2. The summed E-state index contributed by atoms with van der Waals surface area (Å²) in [6, 6.07) is 0.0705. The maximum atomic E-state index is 13.9. The number of ether oxygens (including phenoxy) is 1. The molecule has 2 aliphatic rings. The van der Waals surface area contributed by atoms with Gasteiger partial charge in [-0.15, -0.1) is 0 Å². The van der Waals surface area contributed by atoms with Gasteiger partial charge in [-0.2, -0.15) is 8.78 Å². The first-order chi connectivity index (χ1) is 10.5. The second kappa shape index (κ2) is 5.67. The Morgan fingerprint density at radius 2 is 2.27 bits per heavy atom. The topological polar surface area (TPSA) is 78.4 Å². The first-order valence-corrected chi connectivity index (χ1v) is 6.74. The molecule has 1 aromatic carbocycles. The van der Waals surface area contributed by atoms with E-state index in [-0.39, 0.29) is 23.6 Å². The summed E-state index contributed by atoms with van der Waals surface area (Å²) in [5.74, 6) is 0.268. The lowest BCUT2D eigenvalue weighted by Gasteiger charge is -2.35. The highest BCUT2D eigenvalue weighted by Gasteiger charge is 2.42. The van der Waals surface area contributed by atoms with Crippen LogP contribution in [0.5, 0.6) is 11.5 Å². The Balaban J connectivity index is 1.99. The van der Waals surface area contributed by atoms with Gasteiger partial charge in [-0.1, -0.05) is 5.06 Å². The van der Waals surface area contributed by atoms with Gasteiger partial charge in [0.1, 0.15) is 0 Å². The van der Waals surface area contributed by atoms with E-state index in [2.05, 4.69) is 15.6 Å². The van der Waals surface area contributed by atoms with Crippen molar-refractivity contribution in [3.05, 3.63) is 17.7 Å². The molecule has 1 unspecified atom stereocenters. The number of aliphatic hydroxyl groups is 1. The number of nitrogens with zero attached hydrogens (tertiary/aromatic N) is 2. The zero-order valence-electron chi connectivity index (χ0n) is 11.8. The standard InChI is InChI=1S/C13H16F2N4O3/c1-21-9-3-2-8-10(12(20)18-7-17-8)11(9)22-19-5-4-16-6-13(19,14)15/h2-3,7,12,16,20H,4-6H2,1H3,(H,17,18). The zero-order valence-corrected chi connectivity index (χ0v) is 11.8. The van der Waals surface area contributed by atoms with Gasteiger partial charge in [0.2, 0.25) is 0 Å². The van der Waals surface area contributed by atoms with Crippen LogP contribution in [0.1, 0.15) is 11.8 Å². The maximum absolute atomic E-state index is 13.9. The number of benzene rings is 1. The molecule has 1 aromatic rings. The van der Waals surface area contributed by atoms with Crippen LogP contribution < -0.4 is 20.2 Å². The van der Waals surface area contributed by atoms with Crippen molar-refractivity contribution < 1.29 is 23.5 Å². The van der Waals surface area contributed by atoms with Crippen LogP contribution in [-0.2, 0) is 0 Å². The van der Waals surface area contributed by atoms with E-state index in [1.54, 1.807) is 12.1 Å². The average Bonchev–Trinajstić information content (AvgIpc) is 2.49. The first kappa shape index (κ1) is 14.9. The van der Waals surface area contributed by atoms with Gasteiger partial charge >= 0.3 is 6.05 Å². The molecule has 120 valence electrons. The van der Waals surface area contributed by atoms with Crippen LogP contribution in [0.3, 0.4) is 0 Å². The number of fused-ring (bicyclic) bond motifs is 1. The summed E-state index contributed by atoms with van der Waals surface area (Å²) in [7, 11) is 1.40. The van der Waals surface area contributed by atoms with Crippen LogP contribution in [-0.4, -0.2) is 49.3 Å². The van der Waals surface area contributed by atoms with E-state index in [4.69, 9.17) is 9.57 Å². The van der Waals surface area contributed by atoms with Crippen molar-refractivity contribution in [2.75, 3.05) is 32.1 Å². The van der Waals surface area contributed by atoms with Crippen molar-refractivity contribution in [2.45, 2.75) is 12.3 Å². The number of halogens is 2. The molecule has 2 heterocycles. The Morgan fingerprint density at radius 3 is 3.00 bits per heavy atom. The molecule has 9 heteroatoms. The van der Waals surface area contributed by atoms with Crippen molar-refractivity contribution >= 4 is 12.0 Å². The molecular weight excluding hydrogens is 298 g/mol. The minimum Gasteiger partial charge on any atom is -0.493 e. The molecule has 0 radical (unpaired) electrons. The van der Waals surface area contributed by atoms with Gasteiger partial charge in [0, 0.05) is 6.54 Å². The fourth-order valence-electron chi connectivity index (χ4n) is 2.36. The highest BCUT2D eigenvalue weighted by molar-refractivity contribution is 5.82. The molecule has 0 aliphatic carbocycles. The van der Waals surface area contributed by atoms with Gasteiger partial charge in [-0.05, 0) is 12.1 Å². The summed E-state index contributed by atoms with van der Waals surface area (Å²) in [4.78, 5) is 9.21. The molecule has 0 spiro atoms. The largest absolute Gasteiger partial charge is 0.493 e. The molecule has 22 heavy (non-hydrogen) atoms. The third-order valence-electron chi connectivity index (χ3n) is 3.47. The average molecular weight is 314 g/mol. The highest BCUT2D eigenvalue weighted by Crippen LogP contribution is 2.43. The van der Waals surface area contributed by atoms with E-state index in [1.807, 2.05) is 0 Å². The van der Waals surface area contributed by atoms with Crippen LogP contribution in [0.4, 0.5) is 14.5 Å². The maximum Gasteiger partial charge on any atom is 0.346 e. The molecule has 0 saturated carbocycles.